The molecular weight excluding hydrogens is 390 g/mol. The summed E-state index contributed by atoms with van der Waals surface area (Å²) in [5.41, 5.74) is 1.93. The minimum Gasteiger partial charge on any atom is -0.345 e. The van der Waals surface area contributed by atoms with Crippen molar-refractivity contribution in [3.63, 3.8) is 0 Å². The maximum absolute atomic E-state index is 12.6. The molecule has 0 radical (unpaired) electrons. The summed E-state index contributed by atoms with van der Waals surface area (Å²) in [6.07, 6.45) is 10.7. The Kier molecular flexibility index (Phi) is 7.31. The summed E-state index contributed by atoms with van der Waals surface area (Å²) in [4.78, 5) is 36.6. The standard InChI is InChI=1S/C25H33N3O3/c1-17(2)23(20-12-10-19(11-13-20)18-8-6-5-7-9-18)26-22(29)15-14-21-16-27(3)25(31)28(4)24(21)30/h10-18,23H,5-9H2,1-4H3,(H,26,29)/b15-14+. The van der Waals surface area contributed by atoms with Crippen molar-refractivity contribution in [2.24, 2.45) is 20.0 Å². The summed E-state index contributed by atoms with van der Waals surface area (Å²) in [5.74, 6) is 0.594. The van der Waals surface area contributed by atoms with Crippen molar-refractivity contribution in [1.29, 1.82) is 0 Å². The molecular formula is C25H33N3O3. The number of hydrogen-bond donors (Lipinski definition) is 1. The second-order valence-corrected chi connectivity index (χ2v) is 8.91. The van der Waals surface area contributed by atoms with Crippen LogP contribution in [0.2, 0.25) is 0 Å². The number of nitrogens with one attached hydrogen (secondary N) is 1. The molecule has 1 aromatic heterocycles. The first-order chi connectivity index (χ1) is 14.8. The minimum atomic E-state index is -0.425. The van der Waals surface area contributed by atoms with Crippen LogP contribution in [-0.2, 0) is 18.9 Å². The van der Waals surface area contributed by atoms with Gasteiger partial charge in [0.05, 0.1) is 11.6 Å². The quantitative estimate of drug-likeness (QED) is 0.721. The van der Waals surface area contributed by atoms with E-state index in [0.717, 1.165) is 10.1 Å². The van der Waals surface area contributed by atoms with Gasteiger partial charge in [-0.1, -0.05) is 57.4 Å². The monoisotopic (exact) mass is 423 g/mol. The second kappa shape index (κ2) is 9.94. The van der Waals surface area contributed by atoms with Crippen molar-refractivity contribution >= 4 is 12.0 Å². The van der Waals surface area contributed by atoms with Gasteiger partial charge >= 0.3 is 5.69 Å². The van der Waals surface area contributed by atoms with Crippen LogP contribution in [0.1, 0.15) is 74.6 Å². The lowest BCUT2D eigenvalue weighted by molar-refractivity contribution is -0.117. The fourth-order valence-electron chi connectivity index (χ4n) is 4.36. The molecule has 0 bridgehead atoms. The molecule has 1 heterocycles. The van der Waals surface area contributed by atoms with Gasteiger partial charge in [0.1, 0.15) is 0 Å². The molecule has 1 fully saturated rings. The molecule has 1 amide bonds. The van der Waals surface area contributed by atoms with Crippen molar-refractivity contribution in [1.82, 2.24) is 14.5 Å². The Morgan fingerprint density at radius 1 is 1.06 bits per heavy atom. The van der Waals surface area contributed by atoms with E-state index >= 15 is 0 Å². The van der Waals surface area contributed by atoms with Crippen molar-refractivity contribution in [2.45, 2.75) is 57.9 Å². The SMILES string of the molecule is CC(C)C(NC(=O)/C=C/c1cn(C)c(=O)n(C)c1=O)c1ccc(C2CCCCC2)cc1. The van der Waals surface area contributed by atoms with Gasteiger partial charge in [-0.15, -0.1) is 0 Å². The lowest BCUT2D eigenvalue weighted by Gasteiger charge is -2.25. The predicted octanol–water partition coefficient (Wildman–Crippen LogP) is 3.66. The minimum absolute atomic E-state index is 0.125. The molecule has 0 saturated heterocycles. The molecule has 0 aliphatic heterocycles. The van der Waals surface area contributed by atoms with Crippen molar-refractivity contribution in [2.75, 3.05) is 0 Å². The van der Waals surface area contributed by atoms with Gasteiger partial charge in [-0.05, 0) is 41.9 Å². The highest BCUT2D eigenvalue weighted by Crippen LogP contribution is 2.33. The molecule has 1 N–H and O–H groups in total. The number of carbonyl (C=O) groups is 1. The number of carbonyl (C=O) groups excluding carboxylic acids is 1. The van der Waals surface area contributed by atoms with Crippen LogP contribution in [0.3, 0.4) is 0 Å². The maximum Gasteiger partial charge on any atom is 0.330 e. The fourth-order valence-corrected chi connectivity index (χ4v) is 4.36. The maximum atomic E-state index is 12.6. The van der Waals surface area contributed by atoms with Crippen molar-refractivity contribution in [3.05, 3.63) is 74.1 Å². The first kappa shape index (κ1) is 22.8. The Bertz CT molecular complexity index is 1050. The van der Waals surface area contributed by atoms with E-state index < -0.39 is 11.2 Å². The third kappa shape index (κ3) is 5.43. The zero-order chi connectivity index (χ0) is 22.5. The molecule has 0 spiro atoms. The van der Waals surface area contributed by atoms with Crippen LogP contribution in [0.15, 0.2) is 46.1 Å². The molecule has 3 rings (SSSR count). The van der Waals surface area contributed by atoms with Gasteiger partial charge in [-0.3, -0.25) is 14.2 Å². The van der Waals surface area contributed by atoms with Crippen LogP contribution >= 0.6 is 0 Å². The number of rotatable bonds is 6. The number of aryl methyl sites for hydroxylation is 1. The molecule has 2 aromatic rings. The van der Waals surface area contributed by atoms with Gasteiger partial charge in [0.25, 0.3) is 5.56 Å². The van der Waals surface area contributed by atoms with Gasteiger partial charge in [0.15, 0.2) is 0 Å². The van der Waals surface area contributed by atoms with E-state index in [1.807, 2.05) is 0 Å². The lowest BCUT2D eigenvalue weighted by atomic mass is 9.83. The molecule has 6 nitrogen and oxygen atoms in total. The summed E-state index contributed by atoms with van der Waals surface area (Å²) in [6, 6.07) is 8.54. The number of aromatic nitrogens is 2. The molecule has 31 heavy (non-hydrogen) atoms. The third-order valence-electron chi connectivity index (χ3n) is 6.22. The van der Waals surface area contributed by atoms with Crippen molar-refractivity contribution in [3.8, 4) is 0 Å². The highest BCUT2D eigenvalue weighted by Gasteiger charge is 2.19. The highest BCUT2D eigenvalue weighted by atomic mass is 16.2. The van der Waals surface area contributed by atoms with Gasteiger partial charge in [-0.2, -0.15) is 0 Å². The smallest absolute Gasteiger partial charge is 0.330 e. The molecule has 6 heteroatoms. The summed E-state index contributed by atoms with van der Waals surface area (Å²) < 4.78 is 2.35. The molecule has 1 aliphatic rings. The topological polar surface area (TPSA) is 73.1 Å². The van der Waals surface area contributed by atoms with Gasteiger partial charge in [-0.25, -0.2) is 4.79 Å². The van der Waals surface area contributed by atoms with E-state index in [9.17, 15) is 14.4 Å². The molecule has 1 atom stereocenters. The Labute approximate surface area is 183 Å². The average molecular weight is 424 g/mol. The van der Waals surface area contributed by atoms with Crippen LogP contribution in [0.5, 0.6) is 0 Å². The van der Waals surface area contributed by atoms with Crippen LogP contribution < -0.4 is 16.6 Å². The number of benzene rings is 1. The Morgan fingerprint density at radius 2 is 1.71 bits per heavy atom. The summed E-state index contributed by atoms with van der Waals surface area (Å²) in [6.45, 7) is 4.15. The first-order valence-electron chi connectivity index (χ1n) is 11.1. The number of amides is 1. The Morgan fingerprint density at radius 3 is 2.32 bits per heavy atom. The summed E-state index contributed by atoms with van der Waals surface area (Å²) in [7, 11) is 3.00. The average Bonchev–Trinajstić information content (AvgIpc) is 2.78. The Hall–Kier alpha value is -2.89. The van der Waals surface area contributed by atoms with Crippen molar-refractivity contribution < 1.29 is 4.79 Å². The molecule has 1 aliphatic carbocycles. The van der Waals surface area contributed by atoms with Crippen LogP contribution in [0.4, 0.5) is 0 Å². The second-order valence-electron chi connectivity index (χ2n) is 8.91. The molecule has 1 unspecified atom stereocenters. The summed E-state index contributed by atoms with van der Waals surface area (Å²) >= 11 is 0. The van der Waals surface area contributed by atoms with Gasteiger partial charge in [0.2, 0.25) is 5.91 Å². The van der Waals surface area contributed by atoms with Crippen LogP contribution in [0, 0.1) is 5.92 Å². The van der Waals surface area contributed by atoms with E-state index in [1.165, 1.54) is 67.6 Å². The first-order valence-corrected chi connectivity index (χ1v) is 11.1. The van der Waals surface area contributed by atoms with Gasteiger partial charge in [0, 0.05) is 26.4 Å². The zero-order valence-corrected chi connectivity index (χ0v) is 18.9. The largest absolute Gasteiger partial charge is 0.345 e. The summed E-state index contributed by atoms with van der Waals surface area (Å²) in [5, 5.41) is 3.06. The van der Waals surface area contributed by atoms with Crippen LogP contribution in [-0.4, -0.2) is 15.0 Å². The van der Waals surface area contributed by atoms with E-state index in [-0.39, 0.29) is 23.4 Å². The molecule has 1 aromatic carbocycles. The lowest BCUT2D eigenvalue weighted by Crippen LogP contribution is -2.37. The molecule has 1 saturated carbocycles. The van der Waals surface area contributed by atoms with E-state index in [2.05, 4.69) is 43.4 Å². The highest BCUT2D eigenvalue weighted by molar-refractivity contribution is 5.91. The van der Waals surface area contributed by atoms with E-state index in [0.29, 0.717) is 5.92 Å². The van der Waals surface area contributed by atoms with E-state index in [4.69, 9.17) is 0 Å². The normalized spacial score (nSPS) is 16.0. The Balaban J connectivity index is 1.73. The number of hydrogen-bond acceptors (Lipinski definition) is 3. The molecule has 166 valence electrons. The van der Waals surface area contributed by atoms with Gasteiger partial charge < -0.3 is 9.88 Å². The van der Waals surface area contributed by atoms with Crippen LogP contribution in [0.25, 0.3) is 6.08 Å². The zero-order valence-electron chi connectivity index (χ0n) is 18.9. The fraction of sp³-hybridized carbons (Fsp3) is 0.480. The van der Waals surface area contributed by atoms with E-state index in [1.54, 1.807) is 7.05 Å². The number of nitrogens with zero attached hydrogens (tertiary/aromatic N) is 2. The third-order valence-corrected chi connectivity index (χ3v) is 6.22. The predicted molar refractivity (Wildman–Crippen MR) is 124 cm³/mol.